The summed E-state index contributed by atoms with van der Waals surface area (Å²) in [6.07, 6.45) is 0. The monoisotopic (exact) mass is 418 g/mol. The third kappa shape index (κ3) is 7.23. The lowest BCUT2D eigenvalue weighted by molar-refractivity contribution is -0.119. The Hall–Kier alpha value is -2.87. The summed E-state index contributed by atoms with van der Waals surface area (Å²) >= 11 is 1.21. The summed E-state index contributed by atoms with van der Waals surface area (Å²) in [6, 6.07) is 11.0. The molecule has 0 aliphatic carbocycles. The van der Waals surface area contributed by atoms with Crippen LogP contribution in [-0.4, -0.2) is 36.2 Å². The number of carbonyl (C=O) groups is 3. The molecule has 0 saturated heterocycles. The maximum Gasteiger partial charge on any atom is 0.339 e. The van der Waals surface area contributed by atoms with Gasteiger partial charge in [0.15, 0.2) is 6.61 Å². The fourth-order valence-electron chi connectivity index (χ4n) is 2.34. The van der Waals surface area contributed by atoms with E-state index in [1.807, 2.05) is 13.8 Å². The molecular weight excluding hydrogens is 395 g/mol. The largest absolute Gasteiger partial charge is 0.452 e. The molecule has 6 nitrogen and oxygen atoms in total. The summed E-state index contributed by atoms with van der Waals surface area (Å²) in [5.74, 6) is -1.68. The number of benzene rings is 2. The van der Waals surface area contributed by atoms with Crippen LogP contribution in [0.25, 0.3) is 0 Å². The van der Waals surface area contributed by atoms with Crippen molar-refractivity contribution < 1.29 is 23.5 Å². The zero-order valence-electron chi connectivity index (χ0n) is 16.5. The molecule has 2 amide bonds. The average Bonchev–Trinajstić information content (AvgIpc) is 2.67. The van der Waals surface area contributed by atoms with Crippen molar-refractivity contribution in [2.45, 2.75) is 31.7 Å². The number of ether oxygens (including phenoxy) is 1. The van der Waals surface area contributed by atoms with Crippen LogP contribution in [0.3, 0.4) is 0 Å². The van der Waals surface area contributed by atoms with E-state index in [0.717, 1.165) is 0 Å². The first-order valence-corrected chi connectivity index (χ1v) is 9.99. The van der Waals surface area contributed by atoms with Gasteiger partial charge in [-0.25, -0.2) is 9.18 Å². The Balaban J connectivity index is 1.92. The lowest BCUT2D eigenvalue weighted by Gasteiger charge is -2.11. The average molecular weight is 418 g/mol. The van der Waals surface area contributed by atoms with Crippen molar-refractivity contribution in [3.8, 4) is 0 Å². The van der Waals surface area contributed by atoms with Gasteiger partial charge < -0.3 is 15.4 Å². The standard InChI is InChI=1S/C21H23FN2O4S/c1-13(2)23-20(26)12-29-18-7-5-4-6-16(18)21(27)28-11-19(25)24-15-9-8-14(3)17(22)10-15/h4-10,13H,11-12H2,1-3H3,(H,23,26)(H,24,25). The molecule has 0 bridgehead atoms. The number of thioether (sulfide) groups is 1. The maximum atomic E-state index is 13.5. The molecule has 0 saturated carbocycles. The van der Waals surface area contributed by atoms with Gasteiger partial charge in [0.1, 0.15) is 5.82 Å². The van der Waals surface area contributed by atoms with Gasteiger partial charge in [0, 0.05) is 16.6 Å². The van der Waals surface area contributed by atoms with Crippen LogP contribution in [0.5, 0.6) is 0 Å². The second kappa shape index (κ2) is 10.6. The highest BCUT2D eigenvalue weighted by atomic mass is 32.2. The third-order valence-corrected chi connectivity index (χ3v) is 4.78. The van der Waals surface area contributed by atoms with E-state index in [1.165, 1.54) is 17.8 Å². The number of hydrogen-bond donors (Lipinski definition) is 2. The van der Waals surface area contributed by atoms with Gasteiger partial charge in [-0.15, -0.1) is 11.8 Å². The van der Waals surface area contributed by atoms with E-state index in [1.54, 1.807) is 43.3 Å². The van der Waals surface area contributed by atoms with Crippen LogP contribution in [-0.2, 0) is 14.3 Å². The van der Waals surface area contributed by atoms with Gasteiger partial charge in [-0.3, -0.25) is 9.59 Å². The van der Waals surface area contributed by atoms with Crippen LogP contribution in [0.4, 0.5) is 10.1 Å². The molecule has 2 N–H and O–H groups in total. The van der Waals surface area contributed by atoms with Gasteiger partial charge >= 0.3 is 5.97 Å². The number of aryl methyl sites for hydroxylation is 1. The second-order valence-corrected chi connectivity index (χ2v) is 7.61. The number of nitrogens with one attached hydrogen (secondary N) is 2. The Morgan fingerprint density at radius 1 is 1.10 bits per heavy atom. The van der Waals surface area contributed by atoms with Crippen LogP contribution < -0.4 is 10.6 Å². The first-order valence-electron chi connectivity index (χ1n) is 9.00. The van der Waals surface area contributed by atoms with Crippen LogP contribution in [0.2, 0.25) is 0 Å². The smallest absolute Gasteiger partial charge is 0.339 e. The summed E-state index contributed by atoms with van der Waals surface area (Å²) in [5.41, 5.74) is 1.01. The van der Waals surface area contributed by atoms with Crippen LogP contribution in [0.15, 0.2) is 47.4 Å². The summed E-state index contributed by atoms with van der Waals surface area (Å²) in [7, 11) is 0. The third-order valence-electron chi connectivity index (χ3n) is 3.71. The van der Waals surface area contributed by atoms with E-state index >= 15 is 0 Å². The second-order valence-electron chi connectivity index (χ2n) is 6.60. The van der Waals surface area contributed by atoms with E-state index in [-0.39, 0.29) is 29.0 Å². The SMILES string of the molecule is Cc1ccc(NC(=O)COC(=O)c2ccccc2SCC(=O)NC(C)C)cc1F. The number of anilines is 1. The maximum absolute atomic E-state index is 13.5. The van der Waals surface area contributed by atoms with Gasteiger partial charge in [-0.2, -0.15) is 0 Å². The first-order chi connectivity index (χ1) is 13.8. The molecule has 0 spiro atoms. The highest BCUT2D eigenvalue weighted by Gasteiger charge is 2.16. The highest BCUT2D eigenvalue weighted by molar-refractivity contribution is 8.00. The van der Waals surface area contributed by atoms with Crippen molar-refractivity contribution >= 4 is 35.2 Å². The van der Waals surface area contributed by atoms with Crippen molar-refractivity contribution in [3.63, 3.8) is 0 Å². The van der Waals surface area contributed by atoms with Crippen LogP contribution >= 0.6 is 11.8 Å². The zero-order valence-corrected chi connectivity index (χ0v) is 17.3. The van der Waals surface area contributed by atoms with Gasteiger partial charge in [0.05, 0.1) is 11.3 Å². The molecular formula is C21H23FN2O4S. The molecule has 0 unspecified atom stereocenters. The number of carbonyl (C=O) groups excluding carboxylic acids is 3. The van der Waals surface area contributed by atoms with Crippen molar-refractivity contribution in [2.24, 2.45) is 0 Å². The van der Waals surface area contributed by atoms with Gasteiger partial charge in [0.25, 0.3) is 5.91 Å². The molecule has 0 atom stereocenters. The molecule has 0 radical (unpaired) electrons. The predicted octanol–water partition coefficient (Wildman–Crippen LogP) is 3.55. The fourth-order valence-corrected chi connectivity index (χ4v) is 3.20. The molecule has 2 rings (SSSR count). The minimum Gasteiger partial charge on any atom is -0.452 e. The van der Waals surface area contributed by atoms with E-state index in [4.69, 9.17) is 4.74 Å². The summed E-state index contributed by atoms with van der Waals surface area (Å²) in [4.78, 5) is 36.7. The molecule has 29 heavy (non-hydrogen) atoms. The van der Waals surface area contributed by atoms with Crippen molar-refractivity contribution in [1.82, 2.24) is 5.32 Å². The lowest BCUT2D eigenvalue weighted by atomic mass is 10.2. The highest BCUT2D eigenvalue weighted by Crippen LogP contribution is 2.23. The number of halogens is 1. The van der Waals surface area contributed by atoms with Gasteiger partial charge in [-0.1, -0.05) is 18.2 Å². The van der Waals surface area contributed by atoms with E-state index in [0.29, 0.717) is 10.5 Å². The molecule has 0 heterocycles. The molecule has 2 aromatic rings. The first kappa shape index (κ1) is 22.4. The van der Waals surface area contributed by atoms with E-state index in [2.05, 4.69) is 10.6 Å². The molecule has 0 aliphatic rings. The van der Waals surface area contributed by atoms with E-state index < -0.39 is 24.3 Å². The molecule has 0 fully saturated rings. The Morgan fingerprint density at radius 2 is 1.83 bits per heavy atom. The van der Waals surface area contributed by atoms with Crippen LogP contribution in [0, 0.1) is 12.7 Å². The minimum absolute atomic E-state index is 0.0313. The normalized spacial score (nSPS) is 10.5. The Bertz CT molecular complexity index is 902. The topological polar surface area (TPSA) is 84.5 Å². The molecule has 0 aromatic heterocycles. The Labute approximate surface area is 173 Å². The summed E-state index contributed by atoms with van der Waals surface area (Å²) in [5, 5.41) is 5.25. The number of esters is 1. The molecule has 0 aliphatic heterocycles. The van der Waals surface area contributed by atoms with Crippen molar-refractivity contribution in [1.29, 1.82) is 0 Å². The molecule has 8 heteroatoms. The van der Waals surface area contributed by atoms with Gasteiger partial charge in [0.2, 0.25) is 5.91 Å². The Kier molecular flexibility index (Phi) is 8.21. The minimum atomic E-state index is -0.678. The lowest BCUT2D eigenvalue weighted by Crippen LogP contribution is -2.31. The molecule has 2 aromatic carbocycles. The summed E-state index contributed by atoms with van der Waals surface area (Å²) < 4.78 is 18.6. The predicted molar refractivity (Wildman–Crippen MR) is 110 cm³/mol. The fraction of sp³-hybridized carbons (Fsp3) is 0.286. The molecule has 154 valence electrons. The number of hydrogen-bond acceptors (Lipinski definition) is 5. The van der Waals surface area contributed by atoms with Gasteiger partial charge in [-0.05, 0) is 50.6 Å². The Morgan fingerprint density at radius 3 is 2.52 bits per heavy atom. The van der Waals surface area contributed by atoms with Crippen molar-refractivity contribution in [2.75, 3.05) is 17.7 Å². The zero-order chi connectivity index (χ0) is 21.4. The van der Waals surface area contributed by atoms with Crippen molar-refractivity contribution in [3.05, 3.63) is 59.4 Å². The number of rotatable bonds is 8. The number of amides is 2. The summed E-state index contributed by atoms with van der Waals surface area (Å²) in [6.45, 7) is 4.83. The van der Waals surface area contributed by atoms with E-state index in [9.17, 15) is 18.8 Å². The quantitative estimate of drug-likeness (QED) is 0.506. The van der Waals surface area contributed by atoms with Crippen LogP contribution in [0.1, 0.15) is 29.8 Å².